The summed E-state index contributed by atoms with van der Waals surface area (Å²) in [6.07, 6.45) is 5.15. The van der Waals surface area contributed by atoms with Gasteiger partial charge < -0.3 is 14.2 Å². The van der Waals surface area contributed by atoms with E-state index in [0.29, 0.717) is 12.2 Å². The molecule has 2 rings (SSSR count). The van der Waals surface area contributed by atoms with Gasteiger partial charge in [-0.05, 0) is 25.7 Å². The van der Waals surface area contributed by atoms with Gasteiger partial charge in [-0.25, -0.2) is 0 Å². The van der Waals surface area contributed by atoms with Crippen LogP contribution in [0.1, 0.15) is 25.7 Å². The molecule has 0 aromatic heterocycles. The molecule has 0 saturated carbocycles. The van der Waals surface area contributed by atoms with Crippen LogP contribution in [-0.4, -0.2) is 38.6 Å². The SMILES string of the molecule is C1CC(OC2CCOCC2)CCO1. The van der Waals surface area contributed by atoms with E-state index in [9.17, 15) is 0 Å². The van der Waals surface area contributed by atoms with Crippen molar-refractivity contribution in [3.63, 3.8) is 0 Å². The summed E-state index contributed by atoms with van der Waals surface area (Å²) in [5.74, 6) is 0. The summed E-state index contributed by atoms with van der Waals surface area (Å²) in [6.45, 7) is 3.48. The molecule has 0 aromatic carbocycles. The van der Waals surface area contributed by atoms with Gasteiger partial charge in [0.25, 0.3) is 0 Å². The molecule has 2 aliphatic heterocycles. The zero-order valence-electron chi connectivity index (χ0n) is 8.04. The minimum atomic E-state index is 0.442. The van der Waals surface area contributed by atoms with E-state index >= 15 is 0 Å². The van der Waals surface area contributed by atoms with E-state index in [1.165, 1.54) is 0 Å². The fourth-order valence-corrected chi connectivity index (χ4v) is 1.90. The van der Waals surface area contributed by atoms with E-state index < -0.39 is 0 Å². The molecule has 2 fully saturated rings. The Morgan fingerprint density at radius 2 is 1.08 bits per heavy atom. The third-order valence-corrected chi connectivity index (χ3v) is 2.72. The van der Waals surface area contributed by atoms with E-state index in [1.807, 2.05) is 0 Å². The Bertz CT molecular complexity index is 121. The highest BCUT2D eigenvalue weighted by Gasteiger charge is 2.21. The molecular weight excluding hydrogens is 168 g/mol. The molecule has 0 unspecified atom stereocenters. The average Bonchev–Trinajstić information content (AvgIpc) is 2.21. The van der Waals surface area contributed by atoms with Crippen LogP contribution in [0, 0.1) is 0 Å². The van der Waals surface area contributed by atoms with Crippen molar-refractivity contribution in [2.75, 3.05) is 26.4 Å². The first-order chi connectivity index (χ1) is 6.45. The molecule has 0 amide bonds. The summed E-state index contributed by atoms with van der Waals surface area (Å²) in [5, 5.41) is 0. The standard InChI is InChI=1S/C10H18O3/c1-5-11-6-2-9(1)13-10-3-7-12-8-4-10/h9-10H,1-8H2. The van der Waals surface area contributed by atoms with Crippen molar-refractivity contribution in [2.24, 2.45) is 0 Å². The Balaban J connectivity index is 1.69. The molecule has 3 nitrogen and oxygen atoms in total. The molecule has 2 heterocycles. The van der Waals surface area contributed by atoms with E-state index in [2.05, 4.69) is 0 Å². The molecule has 0 spiro atoms. The maximum Gasteiger partial charge on any atom is 0.0622 e. The van der Waals surface area contributed by atoms with Gasteiger partial charge in [0.15, 0.2) is 0 Å². The molecule has 0 aromatic rings. The highest BCUT2D eigenvalue weighted by Crippen LogP contribution is 2.18. The number of hydrogen-bond donors (Lipinski definition) is 0. The van der Waals surface area contributed by atoms with Gasteiger partial charge >= 0.3 is 0 Å². The molecule has 0 N–H and O–H groups in total. The van der Waals surface area contributed by atoms with Crippen LogP contribution in [0.25, 0.3) is 0 Å². The normalized spacial score (nSPS) is 27.7. The minimum absolute atomic E-state index is 0.442. The van der Waals surface area contributed by atoms with E-state index in [-0.39, 0.29) is 0 Å². The van der Waals surface area contributed by atoms with Gasteiger partial charge in [0.05, 0.1) is 12.2 Å². The van der Waals surface area contributed by atoms with Gasteiger partial charge in [0, 0.05) is 26.4 Å². The first-order valence-electron chi connectivity index (χ1n) is 5.26. The molecule has 13 heavy (non-hydrogen) atoms. The molecule has 0 bridgehead atoms. The van der Waals surface area contributed by atoms with Crippen LogP contribution in [0.4, 0.5) is 0 Å². The van der Waals surface area contributed by atoms with Crippen LogP contribution in [0.2, 0.25) is 0 Å². The Hall–Kier alpha value is -0.120. The lowest BCUT2D eigenvalue weighted by Crippen LogP contribution is -2.31. The quantitative estimate of drug-likeness (QED) is 0.651. The fourth-order valence-electron chi connectivity index (χ4n) is 1.90. The zero-order chi connectivity index (χ0) is 8.93. The predicted molar refractivity (Wildman–Crippen MR) is 48.8 cm³/mol. The minimum Gasteiger partial charge on any atom is -0.381 e. The Morgan fingerprint density at radius 3 is 1.46 bits per heavy atom. The Morgan fingerprint density at radius 1 is 0.692 bits per heavy atom. The van der Waals surface area contributed by atoms with Crippen LogP contribution in [0.3, 0.4) is 0 Å². The summed E-state index contributed by atoms with van der Waals surface area (Å²) in [4.78, 5) is 0. The average molecular weight is 186 g/mol. The van der Waals surface area contributed by atoms with E-state index in [0.717, 1.165) is 52.1 Å². The van der Waals surface area contributed by atoms with Crippen molar-refractivity contribution in [3.8, 4) is 0 Å². The molecule has 2 saturated heterocycles. The van der Waals surface area contributed by atoms with Crippen LogP contribution < -0.4 is 0 Å². The topological polar surface area (TPSA) is 27.7 Å². The highest BCUT2D eigenvalue weighted by atomic mass is 16.5. The van der Waals surface area contributed by atoms with Gasteiger partial charge in [0.1, 0.15) is 0 Å². The van der Waals surface area contributed by atoms with Gasteiger partial charge in [-0.3, -0.25) is 0 Å². The summed E-state index contributed by atoms with van der Waals surface area (Å²) in [7, 11) is 0. The molecular formula is C10H18O3. The van der Waals surface area contributed by atoms with E-state index in [4.69, 9.17) is 14.2 Å². The lowest BCUT2D eigenvalue weighted by Gasteiger charge is -2.29. The van der Waals surface area contributed by atoms with Gasteiger partial charge in [-0.15, -0.1) is 0 Å². The zero-order valence-corrected chi connectivity index (χ0v) is 8.04. The summed E-state index contributed by atoms with van der Waals surface area (Å²) >= 11 is 0. The van der Waals surface area contributed by atoms with Crippen LogP contribution in [-0.2, 0) is 14.2 Å². The Labute approximate surface area is 79.4 Å². The van der Waals surface area contributed by atoms with Gasteiger partial charge in [-0.2, -0.15) is 0 Å². The third-order valence-electron chi connectivity index (χ3n) is 2.72. The second-order valence-electron chi connectivity index (χ2n) is 3.76. The highest BCUT2D eigenvalue weighted by molar-refractivity contribution is 4.68. The molecule has 0 radical (unpaired) electrons. The molecule has 0 atom stereocenters. The largest absolute Gasteiger partial charge is 0.381 e. The summed E-state index contributed by atoms with van der Waals surface area (Å²) in [6, 6.07) is 0. The smallest absolute Gasteiger partial charge is 0.0622 e. The predicted octanol–water partition coefficient (Wildman–Crippen LogP) is 1.36. The second kappa shape index (κ2) is 4.94. The van der Waals surface area contributed by atoms with Gasteiger partial charge in [0.2, 0.25) is 0 Å². The second-order valence-corrected chi connectivity index (χ2v) is 3.76. The van der Waals surface area contributed by atoms with Crippen LogP contribution >= 0.6 is 0 Å². The van der Waals surface area contributed by atoms with Crippen LogP contribution in [0.15, 0.2) is 0 Å². The van der Waals surface area contributed by atoms with Crippen molar-refractivity contribution < 1.29 is 14.2 Å². The van der Waals surface area contributed by atoms with E-state index in [1.54, 1.807) is 0 Å². The van der Waals surface area contributed by atoms with Crippen LogP contribution in [0.5, 0.6) is 0 Å². The first-order valence-corrected chi connectivity index (χ1v) is 5.26. The van der Waals surface area contributed by atoms with Crippen molar-refractivity contribution in [1.82, 2.24) is 0 Å². The lowest BCUT2D eigenvalue weighted by molar-refractivity contribution is -0.0994. The summed E-state index contributed by atoms with van der Waals surface area (Å²) in [5.41, 5.74) is 0. The third kappa shape index (κ3) is 2.93. The molecule has 2 aliphatic rings. The number of ether oxygens (including phenoxy) is 3. The first kappa shape index (κ1) is 9.44. The summed E-state index contributed by atoms with van der Waals surface area (Å²) < 4.78 is 16.5. The molecule has 0 aliphatic carbocycles. The maximum atomic E-state index is 5.97. The number of hydrogen-bond acceptors (Lipinski definition) is 3. The molecule has 76 valence electrons. The number of rotatable bonds is 2. The van der Waals surface area contributed by atoms with Crippen molar-refractivity contribution >= 4 is 0 Å². The maximum absolute atomic E-state index is 5.97. The van der Waals surface area contributed by atoms with Gasteiger partial charge in [-0.1, -0.05) is 0 Å². The lowest BCUT2D eigenvalue weighted by atomic mass is 10.1. The Kier molecular flexibility index (Phi) is 3.58. The molecule has 3 heteroatoms. The van der Waals surface area contributed by atoms with Crippen molar-refractivity contribution in [2.45, 2.75) is 37.9 Å². The van der Waals surface area contributed by atoms with Crippen molar-refractivity contribution in [1.29, 1.82) is 0 Å². The monoisotopic (exact) mass is 186 g/mol. The van der Waals surface area contributed by atoms with Crippen molar-refractivity contribution in [3.05, 3.63) is 0 Å². The fraction of sp³-hybridized carbons (Fsp3) is 1.00.